The number of aromatic amines is 1. The molecule has 1 aliphatic heterocycles. The number of terminal acetylenes is 1. The molecule has 0 spiro atoms. The van der Waals surface area contributed by atoms with Crippen molar-refractivity contribution in [2.75, 3.05) is 70.5 Å². The second kappa shape index (κ2) is 21.7. The molecule has 3 heterocycles. The summed E-state index contributed by atoms with van der Waals surface area (Å²) in [5, 5.41) is 15.6. The van der Waals surface area contributed by atoms with Gasteiger partial charge in [-0.3, -0.25) is 19.6 Å². The summed E-state index contributed by atoms with van der Waals surface area (Å²) in [6, 6.07) is 5.33. The summed E-state index contributed by atoms with van der Waals surface area (Å²) >= 11 is 0. The number of carbonyl (C=O) groups is 2. The highest BCUT2D eigenvalue weighted by atomic mass is 16.6. The van der Waals surface area contributed by atoms with Crippen LogP contribution in [0.15, 0.2) is 52.1 Å². The molecule has 0 aliphatic carbocycles. The Morgan fingerprint density at radius 1 is 1.02 bits per heavy atom. The molecule has 1 aromatic carbocycles. The number of allylic oxidation sites excluding steroid dienone is 1. The molecule has 0 saturated heterocycles. The van der Waals surface area contributed by atoms with Crippen molar-refractivity contribution in [1.29, 1.82) is 0 Å². The number of carbonyl (C=O) groups excluding carboxylic acids is 1. The van der Waals surface area contributed by atoms with Crippen molar-refractivity contribution in [2.45, 2.75) is 44.7 Å². The molecule has 0 bridgehead atoms. The van der Waals surface area contributed by atoms with Crippen LogP contribution in [0.25, 0.3) is 11.2 Å². The maximum Gasteiger partial charge on any atom is 0.326 e. The van der Waals surface area contributed by atoms with E-state index in [1.54, 1.807) is 24.3 Å². The average Bonchev–Trinajstić information content (AvgIpc) is 3.12. The standard InChI is InChI=1S/C35H44N8O9/c1-2-14-48-16-18-50-20-21-51-19-17-49-15-12-27-5-3-4-13-37-29(52-27)11-10-28(34(46)47)41-32(44)24-6-8-25(9-7-24)38-22-26-23-39-31-30(40-26)33(45)43-35(36)42-31/h1,5-9,23,28,38H,3-4,10-22H2,(H,41,44)(H,46,47)(H3,36,39,42,43,45)/b27-5+,37-29?/t28-/m0/s1. The summed E-state index contributed by atoms with van der Waals surface area (Å²) in [6.45, 7) is 4.11. The van der Waals surface area contributed by atoms with E-state index in [-0.39, 0.29) is 48.7 Å². The van der Waals surface area contributed by atoms with Gasteiger partial charge in [0, 0.05) is 30.6 Å². The smallest absolute Gasteiger partial charge is 0.326 e. The largest absolute Gasteiger partial charge is 0.480 e. The van der Waals surface area contributed by atoms with E-state index in [1.165, 1.54) is 6.20 Å². The lowest BCUT2D eigenvalue weighted by Gasteiger charge is -2.18. The first-order valence-corrected chi connectivity index (χ1v) is 16.9. The van der Waals surface area contributed by atoms with Gasteiger partial charge in [-0.2, -0.15) is 4.98 Å². The summed E-state index contributed by atoms with van der Waals surface area (Å²) in [5.41, 5.74) is 6.71. The number of amides is 1. The van der Waals surface area contributed by atoms with Crippen molar-refractivity contribution in [1.82, 2.24) is 25.3 Å². The molecule has 1 amide bonds. The van der Waals surface area contributed by atoms with Crippen molar-refractivity contribution in [3.63, 3.8) is 0 Å². The lowest BCUT2D eigenvalue weighted by molar-refractivity contribution is -0.139. The molecule has 17 nitrogen and oxygen atoms in total. The van der Waals surface area contributed by atoms with Gasteiger partial charge in [0.05, 0.1) is 64.7 Å². The third-order valence-corrected chi connectivity index (χ3v) is 7.42. The first kappa shape index (κ1) is 39.4. The molecule has 3 aromatic rings. The number of nitrogens with zero attached hydrogens (tertiary/aromatic N) is 4. The van der Waals surface area contributed by atoms with Crippen LogP contribution in [0.1, 0.15) is 48.2 Å². The number of carboxylic acid groups (broad SMARTS) is 1. The monoisotopic (exact) mass is 720 g/mol. The van der Waals surface area contributed by atoms with E-state index in [4.69, 9.17) is 35.8 Å². The Morgan fingerprint density at radius 3 is 2.44 bits per heavy atom. The van der Waals surface area contributed by atoms with E-state index >= 15 is 0 Å². The highest BCUT2D eigenvalue weighted by Gasteiger charge is 2.22. The number of anilines is 2. The topological polar surface area (TPSA) is 234 Å². The number of hydrogen-bond donors (Lipinski definition) is 5. The number of nitrogens with one attached hydrogen (secondary N) is 3. The molecule has 0 radical (unpaired) electrons. The highest BCUT2D eigenvalue weighted by molar-refractivity contribution is 5.97. The third-order valence-electron chi connectivity index (χ3n) is 7.42. The second-order valence-corrected chi connectivity index (χ2v) is 11.4. The van der Waals surface area contributed by atoms with Crippen LogP contribution in [-0.2, 0) is 35.0 Å². The van der Waals surface area contributed by atoms with Crippen molar-refractivity contribution in [3.8, 4) is 12.3 Å². The molecule has 2 aromatic heterocycles. The number of aromatic nitrogens is 4. The number of ether oxygens (including phenoxy) is 5. The molecule has 0 fully saturated rings. The van der Waals surface area contributed by atoms with Crippen molar-refractivity contribution < 1.29 is 38.4 Å². The number of aliphatic imine (C=N–C) groups is 1. The summed E-state index contributed by atoms with van der Waals surface area (Å²) in [4.78, 5) is 56.4. The van der Waals surface area contributed by atoms with Crippen LogP contribution < -0.4 is 21.9 Å². The van der Waals surface area contributed by atoms with Gasteiger partial charge in [0.15, 0.2) is 17.1 Å². The molecular formula is C35H44N8O9. The van der Waals surface area contributed by atoms with Gasteiger partial charge >= 0.3 is 5.97 Å². The fourth-order valence-electron chi connectivity index (χ4n) is 4.79. The minimum atomic E-state index is -1.17. The van der Waals surface area contributed by atoms with Gasteiger partial charge in [0.2, 0.25) is 5.95 Å². The molecule has 17 heteroatoms. The lowest BCUT2D eigenvalue weighted by Crippen LogP contribution is -2.41. The molecule has 6 N–H and O–H groups in total. The minimum absolute atomic E-state index is 0.0446. The van der Waals surface area contributed by atoms with Gasteiger partial charge in [-0.05, 0) is 49.6 Å². The number of rotatable bonds is 22. The molecule has 278 valence electrons. The molecule has 0 saturated carbocycles. The summed E-state index contributed by atoms with van der Waals surface area (Å²) < 4.78 is 27.7. The highest BCUT2D eigenvalue weighted by Crippen LogP contribution is 2.16. The van der Waals surface area contributed by atoms with E-state index in [1.807, 2.05) is 6.08 Å². The normalized spacial score (nSPS) is 14.5. The number of H-pyrrole nitrogens is 1. The SMILES string of the molecule is C#CCOCCOCCOCCOCC/C1=C\CCCN=C(CC[C@H](NC(=O)c2ccc(NCc3cnc4nc(N)[nH]c(=O)c4n3)cc2)C(=O)O)O1. The summed E-state index contributed by atoms with van der Waals surface area (Å²) in [5.74, 6) is 1.76. The van der Waals surface area contributed by atoms with Crippen LogP contribution in [0, 0.1) is 12.3 Å². The molecule has 1 atom stereocenters. The molecule has 0 unspecified atom stereocenters. The van der Waals surface area contributed by atoms with Crippen LogP contribution in [0.4, 0.5) is 11.6 Å². The minimum Gasteiger partial charge on any atom is -0.480 e. The second-order valence-electron chi connectivity index (χ2n) is 11.4. The number of fused-ring (bicyclic) bond motifs is 1. The van der Waals surface area contributed by atoms with Gasteiger partial charge in [-0.15, -0.1) is 6.42 Å². The molecule has 4 rings (SSSR count). The zero-order chi connectivity index (χ0) is 37.0. The lowest BCUT2D eigenvalue weighted by atomic mass is 10.1. The van der Waals surface area contributed by atoms with Crippen molar-refractivity contribution in [2.24, 2.45) is 4.99 Å². The maximum atomic E-state index is 13.0. The van der Waals surface area contributed by atoms with E-state index < -0.39 is 23.5 Å². The van der Waals surface area contributed by atoms with Gasteiger partial charge in [-0.1, -0.05) is 5.92 Å². The van der Waals surface area contributed by atoms with E-state index in [9.17, 15) is 19.5 Å². The number of nitrogens with two attached hydrogens (primary N) is 1. The Bertz CT molecular complexity index is 1770. The first-order valence-electron chi connectivity index (χ1n) is 16.9. The number of benzene rings is 1. The Morgan fingerprint density at radius 2 is 1.73 bits per heavy atom. The molecule has 1 aliphatic rings. The number of hydrogen-bond acceptors (Lipinski definition) is 14. The van der Waals surface area contributed by atoms with Crippen LogP contribution in [0.2, 0.25) is 0 Å². The van der Waals surface area contributed by atoms with E-state index in [2.05, 4.69) is 41.5 Å². The Hall–Kier alpha value is -5.41. The maximum absolute atomic E-state index is 13.0. The van der Waals surface area contributed by atoms with Gasteiger partial charge in [-0.25, -0.2) is 14.8 Å². The van der Waals surface area contributed by atoms with Crippen molar-refractivity contribution in [3.05, 3.63) is 63.9 Å². The summed E-state index contributed by atoms with van der Waals surface area (Å²) in [6.07, 6.45) is 11.0. The predicted octanol–water partition coefficient (Wildman–Crippen LogP) is 2.05. The summed E-state index contributed by atoms with van der Waals surface area (Å²) in [7, 11) is 0. The van der Waals surface area contributed by atoms with Crippen LogP contribution in [-0.4, -0.2) is 108 Å². The zero-order valence-corrected chi connectivity index (χ0v) is 28.8. The van der Waals surface area contributed by atoms with Gasteiger partial charge < -0.3 is 45.2 Å². The van der Waals surface area contributed by atoms with Crippen LogP contribution >= 0.6 is 0 Å². The molecule has 52 heavy (non-hydrogen) atoms. The molecular weight excluding hydrogens is 676 g/mol. The van der Waals surface area contributed by atoms with Crippen LogP contribution in [0.3, 0.4) is 0 Å². The predicted molar refractivity (Wildman–Crippen MR) is 192 cm³/mol. The Labute approximate surface area is 300 Å². The van der Waals surface area contributed by atoms with Crippen molar-refractivity contribution >= 4 is 40.6 Å². The quantitative estimate of drug-likeness (QED) is 0.0739. The third kappa shape index (κ3) is 13.7. The Balaban J connectivity index is 1.16. The van der Waals surface area contributed by atoms with Crippen LogP contribution in [0.5, 0.6) is 0 Å². The van der Waals surface area contributed by atoms with Gasteiger partial charge in [0.1, 0.15) is 18.4 Å². The fraction of sp³-hybridized carbons (Fsp3) is 0.457. The zero-order valence-electron chi connectivity index (χ0n) is 28.8. The van der Waals surface area contributed by atoms with Gasteiger partial charge in [0.25, 0.3) is 11.5 Å². The van der Waals surface area contributed by atoms with E-state index in [0.29, 0.717) is 82.3 Å². The average molecular weight is 721 g/mol. The Kier molecular flexibility index (Phi) is 16.5. The number of nitrogen functional groups attached to an aromatic ring is 1. The van der Waals surface area contributed by atoms with E-state index in [0.717, 1.165) is 12.8 Å². The number of carboxylic acids is 1. The fourth-order valence-corrected chi connectivity index (χ4v) is 4.79. The number of aliphatic carboxylic acids is 1. The first-order chi connectivity index (χ1) is 25.3.